The molecule has 2 atom stereocenters. The summed E-state index contributed by atoms with van der Waals surface area (Å²) in [5, 5.41) is 23.3. The molecule has 0 saturated carbocycles. The number of likely N-dealkylation sites (N-methyl/N-ethyl adjacent to an activating group) is 1. The second kappa shape index (κ2) is 8.59. The molecule has 1 aromatic carbocycles. The lowest BCUT2D eigenvalue weighted by atomic mass is 10.1. The lowest BCUT2D eigenvalue weighted by Crippen LogP contribution is -2.48. The third kappa shape index (κ3) is 4.02. The minimum atomic E-state index is -1.22. The molecule has 30 heavy (non-hydrogen) atoms. The Hall–Kier alpha value is -3.32. The first-order valence-corrected chi connectivity index (χ1v) is 10.1. The van der Waals surface area contributed by atoms with Gasteiger partial charge in [-0.05, 0) is 17.7 Å². The molecule has 2 N–H and O–H groups in total. The molecule has 0 saturated heterocycles. The van der Waals surface area contributed by atoms with Crippen LogP contribution in [-0.2, 0) is 11.2 Å². The van der Waals surface area contributed by atoms with Crippen molar-refractivity contribution in [3.05, 3.63) is 69.8 Å². The van der Waals surface area contributed by atoms with Crippen LogP contribution < -0.4 is 15.0 Å². The van der Waals surface area contributed by atoms with E-state index in [0.29, 0.717) is 23.0 Å². The quantitative estimate of drug-likeness (QED) is 0.606. The number of pyridine rings is 1. The Morgan fingerprint density at radius 3 is 2.93 bits per heavy atom. The maximum Gasteiger partial charge on any atom is 0.248 e. The molecule has 2 aromatic heterocycles. The Morgan fingerprint density at radius 1 is 1.37 bits per heavy atom. The van der Waals surface area contributed by atoms with E-state index in [9.17, 15) is 15.2 Å². The first-order valence-electron chi connectivity index (χ1n) is 9.30. The molecule has 1 amide bonds. The highest BCUT2D eigenvalue weighted by Crippen LogP contribution is 2.29. The van der Waals surface area contributed by atoms with Gasteiger partial charge >= 0.3 is 0 Å². The van der Waals surface area contributed by atoms with Crippen LogP contribution in [0.3, 0.4) is 0 Å². The van der Waals surface area contributed by atoms with Crippen molar-refractivity contribution in [3.8, 4) is 11.8 Å². The Labute approximate surface area is 177 Å². The molecule has 152 valence electrons. The minimum absolute atomic E-state index is 0.0340. The Balaban J connectivity index is 1.51. The van der Waals surface area contributed by atoms with Gasteiger partial charge in [-0.1, -0.05) is 30.3 Å². The predicted octanol–water partition coefficient (Wildman–Crippen LogP) is 2.01. The van der Waals surface area contributed by atoms with Crippen LogP contribution in [-0.4, -0.2) is 40.7 Å². The van der Waals surface area contributed by atoms with Crippen LogP contribution in [0.2, 0.25) is 0 Å². The predicted molar refractivity (Wildman–Crippen MR) is 111 cm³/mol. The van der Waals surface area contributed by atoms with Crippen molar-refractivity contribution < 1.29 is 14.6 Å². The van der Waals surface area contributed by atoms with Crippen LogP contribution in [0, 0.1) is 11.3 Å². The fourth-order valence-corrected chi connectivity index (χ4v) is 4.18. The number of nitriles is 1. The van der Waals surface area contributed by atoms with Gasteiger partial charge < -0.3 is 9.84 Å². The zero-order valence-electron chi connectivity index (χ0n) is 16.1. The van der Waals surface area contributed by atoms with E-state index in [0.717, 1.165) is 10.4 Å². The molecule has 1 aliphatic heterocycles. The standard InChI is InChI=1S/C21H19N5O3S/c1-26-18-16(8-5-9-23-18)29-12-15(21(26)28)24-19(27)20-25-14(11-22)17(30-20)10-13-6-3-2-4-7-13/h2-9,15,19,24,27H,10,12H2,1H3/t15-,19?/m0/s1. The number of ether oxygens (including phenoxy) is 1. The van der Waals surface area contributed by atoms with Crippen molar-refractivity contribution in [2.75, 3.05) is 18.6 Å². The van der Waals surface area contributed by atoms with Crippen LogP contribution in [0.4, 0.5) is 5.82 Å². The first kappa shape index (κ1) is 20.0. The first-order chi connectivity index (χ1) is 14.6. The van der Waals surface area contributed by atoms with Gasteiger partial charge in [-0.2, -0.15) is 5.26 Å². The molecule has 1 aliphatic rings. The summed E-state index contributed by atoms with van der Waals surface area (Å²) >= 11 is 1.25. The summed E-state index contributed by atoms with van der Waals surface area (Å²) in [6, 6.07) is 14.5. The fourth-order valence-electron chi connectivity index (χ4n) is 3.19. The summed E-state index contributed by atoms with van der Waals surface area (Å²) in [7, 11) is 1.61. The number of thiazole rings is 1. The highest BCUT2D eigenvalue weighted by Gasteiger charge is 2.32. The van der Waals surface area contributed by atoms with Crippen molar-refractivity contribution in [1.29, 1.82) is 5.26 Å². The monoisotopic (exact) mass is 421 g/mol. The summed E-state index contributed by atoms with van der Waals surface area (Å²) in [6.07, 6.45) is 0.914. The molecular formula is C21H19N5O3S. The summed E-state index contributed by atoms with van der Waals surface area (Å²) in [4.78, 5) is 23.4. The lowest BCUT2D eigenvalue weighted by Gasteiger charge is -2.21. The van der Waals surface area contributed by atoms with Gasteiger partial charge in [0.1, 0.15) is 23.7 Å². The molecule has 8 nitrogen and oxygen atoms in total. The van der Waals surface area contributed by atoms with Gasteiger partial charge in [0, 0.05) is 24.5 Å². The molecule has 9 heteroatoms. The van der Waals surface area contributed by atoms with Crippen molar-refractivity contribution in [3.63, 3.8) is 0 Å². The lowest BCUT2D eigenvalue weighted by molar-refractivity contribution is -0.121. The van der Waals surface area contributed by atoms with Gasteiger partial charge in [-0.25, -0.2) is 9.97 Å². The summed E-state index contributed by atoms with van der Waals surface area (Å²) in [5.41, 5.74) is 1.32. The number of aliphatic hydroxyl groups is 1. The number of carbonyl (C=O) groups excluding carboxylic acids is 1. The van der Waals surface area contributed by atoms with E-state index < -0.39 is 12.3 Å². The van der Waals surface area contributed by atoms with Gasteiger partial charge in [0.25, 0.3) is 0 Å². The van der Waals surface area contributed by atoms with Crippen molar-refractivity contribution >= 4 is 23.1 Å². The molecule has 0 aliphatic carbocycles. The highest BCUT2D eigenvalue weighted by molar-refractivity contribution is 7.11. The zero-order valence-corrected chi connectivity index (χ0v) is 17.0. The van der Waals surface area contributed by atoms with Crippen LogP contribution in [0.25, 0.3) is 0 Å². The second-order valence-corrected chi connectivity index (χ2v) is 7.87. The highest BCUT2D eigenvalue weighted by atomic mass is 32.1. The van der Waals surface area contributed by atoms with E-state index in [1.54, 1.807) is 25.4 Å². The molecule has 1 unspecified atom stereocenters. The number of anilines is 1. The van der Waals surface area contributed by atoms with Crippen molar-refractivity contribution in [1.82, 2.24) is 15.3 Å². The van der Waals surface area contributed by atoms with Gasteiger partial charge in [0.2, 0.25) is 5.91 Å². The summed E-state index contributed by atoms with van der Waals surface area (Å²) in [6.45, 7) is 0.0340. The number of rotatable bonds is 5. The molecule has 3 heterocycles. The number of nitrogens with zero attached hydrogens (tertiary/aromatic N) is 4. The van der Waals surface area contributed by atoms with E-state index in [1.807, 2.05) is 30.3 Å². The van der Waals surface area contributed by atoms with Crippen molar-refractivity contribution in [2.45, 2.75) is 18.7 Å². The van der Waals surface area contributed by atoms with E-state index in [1.165, 1.54) is 16.2 Å². The van der Waals surface area contributed by atoms with E-state index >= 15 is 0 Å². The molecule has 0 spiro atoms. The zero-order chi connectivity index (χ0) is 21.1. The number of fused-ring (bicyclic) bond motifs is 1. The third-order valence-electron chi connectivity index (χ3n) is 4.72. The Bertz CT molecular complexity index is 1100. The van der Waals surface area contributed by atoms with E-state index in [2.05, 4.69) is 21.4 Å². The van der Waals surface area contributed by atoms with Gasteiger partial charge in [0.05, 0.1) is 0 Å². The number of nitrogens with one attached hydrogen (secondary N) is 1. The number of aromatic nitrogens is 2. The summed E-state index contributed by atoms with van der Waals surface area (Å²) < 4.78 is 5.70. The van der Waals surface area contributed by atoms with Crippen LogP contribution in [0.1, 0.15) is 27.4 Å². The number of amides is 1. The third-order valence-corrected chi connectivity index (χ3v) is 5.83. The molecule has 0 fully saturated rings. The van der Waals surface area contributed by atoms with E-state index in [4.69, 9.17) is 4.74 Å². The SMILES string of the molecule is CN1C(=O)[C@@H](NC(O)c2nc(C#N)c(Cc3ccccc3)s2)COc2cccnc21. The van der Waals surface area contributed by atoms with E-state index in [-0.39, 0.29) is 18.2 Å². The smallest absolute Gasteiger partial charge is 0.248 e. The molecule has 0 radical (unpaired) electrons. The summed E-state index contributed by atoms with van der Waals surface area (Å²) in [5.74, 6) is 0.638. The largest absolute Gasteiger partial charge is 0.488 e. The van der Waals surface area contributed by atoms with Gasteiger partial charge in [-0.15, -0.1) is 11.3 Å². The molecule has 0 bridgehead atoms. The number of carbonyl (C=O) groups is 1. The van der Waals surface area contributed by atoms with Crippen LogP contribution in [0.15, 0.2) is 48.7 Å². The second-order valence-electron chi connectivity index (χ2n) is 6.75. The van der Waals surface area contributed by atoms with Gasteiger partial charge in [-0.3, -0.25) is 15.0 Å². The Morgan fingerprint density at radius 2 is 2.17 bits per heavy atom. The van der Waals surface area contributed by atoms with Crippen LogP contribution in [0.5, 0.6) is 5.75 Å². The maximum absolute atomic E-state index is 12.8. The number of aliphatic hydroxyl groups excluding tert-OH is 1. The van der Waals surface area contributed by atoms with Gasteiger partial charge in [0.15, 0.2) is 23.5 Å². The Kier molecular flexibility index (Phi) is 5.72. The average Bonchev–Trinajstić information content (AvgIpc) is 3.14. The number of hydrogen-bond acceptors (Lipinski definition) is 8. The fraction of sp³-hybridized carbons (Fsp3) is 0.238. The normalized spacial score (nSPS) is 16.9. The van der Waals surface area contributed by atoms with Crippen LogP contribution >= 0.6 is 11.3 Å². The maximum atomic E-state index is 12.8. The topological polar surface area (TPSA) is 111 Å². The molecule has 4 rings (SSSR count). The number of benzene rings is 1. The molecular weight excluding hydrogens is 402 g/mol. The van der Waals surface area contributed by atoms with Crippen molar-refractivity contribution in [2.24, 2.45) is 0 Å². The minimum Gasteiger partial charge on any atom is -0.488 e. The number of hydrogen-bond donors (Lipinski definition) is 2. The molecule has 3 aromatic rings. The average molecular weight is 421 g/mol.